The Morgan fingerprint density at radius 1 is 1.04 bits per heavy atom. The maximum atomic E-state index is 11.7. The predicted octanol–water partition coefficient (Wildman–Crippen LogP) is 1.37. The van der Waals surface area contributed by atoms with Crippen molar-refractivity contribution in [3.05, 3.63) is 71.3 Å². The van der Waals surface area contributed by atoms with Gasteiger partial charge >= 0.3 is 6.09 Å². The van der Waals surface area contributed by atoms with E-state index in [2.05, 4.69) is 10.6 Å². The number of aliphatic hydroxyl groups is 2. The van der Waals surface area contributed by atoms with Crippen LogP contribution in [0.3, 0.4) is 0 Å². The number of benzene rings is 2. The molecule has 0 spiro atoms. The molecule has 0 saturated carbocycles. The number of hydrogen-bond donors (Lipinski definition) is 4. The first-order valence-electron chi connectivity index (χ1n) is 8.14. The van der Waals surface area contributed by atoms with Crippen LogP contribution in [0.25, 0.3) is 0 Å². The summed E-state index contributed by atoms with van der Waals surface area (Å²) in [5.74, 6) is -0.241. The van der Waals surface area contributed by atoms with E-state index in [1.807, 2.05) is 30.3 Å². The lowest BCUT2D eigenvalue weighted by atomic mass is 10.0. The number of amides is 2. The average Bonchev–Trinajstić information content (AvgIpc) is 2.70. The lowest BCUT2D eigenvalue weighted by Gasteiger charge is -2.19. The van der Waals surface area contributed by atoms with Crippen LogP contribution in [0.4, 0.5) is 4.79 Å². The molecule has 0 fully saturated rings. The smallest absolute Gasteiger partial charge is 0.407 e. The van der Waals surface area contributed by atoms with Gasteiger partial charge < -0.3 is 25.6 Å². The maximum absolute atomic E-state index is 11.7. The van der Waals surface area contributed by atoms with E-state index in [1.165, 1.54) is 7.05 Å². The summed E-state index contributed by atoms with van der Waals surface area (Å²) in [6, 6.07) is 15.4. The number of alkyl carbamates (subject to hydrolysis) is 1. The van der Waals surface area contributed by atoms with Gasteiger partial charge in [-0.15, -0.1) is 0 Å². The highest BCUT2D eigenvalue weighted by Gasteiger charge is 2.19. The van der Waals surface area contributed by atoms with Gasteiger partial charge in [-0.1, -0.05) is 42.5 Å². The monoisotopic (exact) mass is 358 g/mol. The Kier molecular flexibility index (Phi) is 7.13. The Labute approximate surface area is 151 Å². The molecule has 26 heavy (non-hydrogen) atoms. The number of carbonyl (C=O) groups is 2. The minimum atomic E-state index is -1.22. The first kappa shape index (κ1) is 19.4. The lowest BCUT2D eigenvalue weighted by Crippen LogP contribution is -2.35. The zero-order valence-electron chi connectivity index (χ0n) is 14.4. The number of rotatable bonds is 7. The third-order valence-corrected chi connectivity index (χ3v) is 3.77. The van der Waals surface area contributed by atoms with Gasteiger partial charge in [0.15, 0.2) is 0 Å². The van der Waals surface area contributed by atoms with Gasteiger partial charge in [-0.2, -0.15) is 0 Å². The molecular formula is C19H22N2O5. The van der Waals surface area contributed by atoms with Crippen LogP contribution in [0.15, 0.2) is 54.6 Å². The summed E-state index contributed by atoms with van der Waals surface area (Å²) < 4.78 is 5.03. The van der Waals surface area contributed by atoms with Crippen molar-refractivity contribution in [2.24, 2.45) is 0 Å². The van der Waals surface area contributed by atoms with Crippen molar-refractivity contribution in [2.45, 2.75) is 18.8 Å². The largest absolute Gasteiger partial charge is 0.445 e. The molecule has 2 atom stereocenters. The Balaban J connectivity index is 1.80. The molecule has 2 aromatic rings. The molecule has 7 heteroatoms. The third-order valence-electron chi connectivity index (χ3n) is 3.77. The van der Waals surface area contributed by atoms with Crippen molar-refractivity contribution in [3.63, 3.8) is 0 Å². The van der Waals surface area contributed by atoms with Crippen molar-refractivity contribution in [1.82, 2.24) is 10.6 Å². The molecule has 2 amide bonds. The minimum absolute atomic E-state index is 0.117. The van der Waals surface area contributed by atoms with Crippen LogP contribution >= 0.6 is 0 Å². The standard InChI is InChI=1S/C19H22N2O5/c1-20-18(24)15-9-7-14(8-10-15)17(23)16(22)11-21-19(25)26-12-13-5-3-2-4-6-13/h2-10,16-17,22-23H,11-12H2,1H3,(H,20,24)(H,21,25). The highest BCUT2D eigenvalue weighted by Crippen LogP contribution is 2.17. The number of hydrogen-bond acceptors (Lipinski definition) is 5. The highest BCUT2D eigenvalue weighted by atomic mass is 16.5. The summed E-state index contributed by atoms with van der Waals surface area (Å²) >= 11 is 0. The fourth-order valence-electron chi connectivity index (χ4n) is 2.27. The number of carbonyl (C=O) groups excluding carboxylic acids is 2. The highest BCUT2D eigenvalue weighted by molar-refractivity contribution is 5.93. The maximum Gasteiger partial charge on any atom is 0.407 e. The average molecular weight is 358 g/mol. The Bertz CT molecular complexity index is 718. The van der Waals surface area contributed by atoms with Crippen LogP contribution in [0, 0.1) is 0 Å². The molecule has 0 heterocycles. The molecule has 0 radical (unpaired) electrons. The third kappa shape index (κ3) is 5.58. The van der Waals surface area contributed by atoms with Gasteiger partial charge in [-0.3, -0.25) is 4.79 Å². The van der Waals surface area contributed by atoms with Gasteiger partial charge in [0.05, 0.1) is 0 Å². The summed E-state index contributed by atoms with van der Waals surface area (Å²) in [7, 11) is 1.53. The Morgan fingerprint density at radius 3 is 2.31 bits per heavy atom. The van der Waals surface area contributed by atoms with Crippen LogP contribution in [-0.2, 0) is 11.3 Å². The number of ether oxygens (including phenoxy) is 1. The van der Waals surface area contributed by atoms with E-state index in [9.17, 15) is 19.8 Å². The second-order valence-electron chi connectivity index (χ2n) is 5.66. The Morgan fingerprint density at radius 2 is 1.69 bits per heavy atom. The van der Waals surface area contributed by atoms with E-state index in [1.54, 1.807) is 24.3 Å². The molecule has 0 aliphatic rings. The molecule has 2 aromatic carbocycles. The molecule has 4 N–H and O–H groups in total. The van der Waals surface area contributed by atoms with E-state index in [-0.39, 0.29) is 19.1 Å². The summed E-state index contributed by atoms with van der Waals surface area (Å²) in [4.78, 5) is 23.1. The molecule has 2 rings (SSSR count). The quantitative estimate of drug-likeness (QED) is 0.598. The molecular weight excluding hydrogens is 336 g/mol. The van der Waals surface area contributed by atoms with E-state index >= 15 is 0 Å². The number of aliphatic hydroxyl groups excluding tert-OH is 2. The van der Waals surface area contributed by atoms with E-state index in [0.717, 1.165) is 5.56 Å². The SMILES string of the molecule is CNC(=O)c1ccc(C(O)C(O)CNC(=O)OCc2ccccc2)cc1. The summed E-state index contributed by atoms with van der Waals surface area (Å²) in [5.41, 5.74) is 1.73. The van der Waals surface area contributed by atoms with Gasteiger partial charge in [0.25, 0.3) is 5.91 Å². The molecule has 7 nitrogen and oxygen atoms in total. The van der Waals surface area contributed by atoms with Crippen molar-refractivity contribution in [3.8, 4) is 0 Å². The molecule has 0 aliphatic heterocycles. The summed E-state index contributed by atoms with van der Waals surface area (Å²) in [6.07, 6.45) is -3.11. The van der Waals surface area contributed by atoms with Crippen molar-refractivity contribution in [1.29, 1.82) is 0 Å². The predicted molar refractivity (Wildman–Crippen MR) is 95.4 cm³/mol. The van der Waals surface area contributed by atoms with Gasteiger partial charge in [-0.25, -0.2) is 4.79 Å². The number of nitrogens with one attached hydrogen (secondary N) is 2. The van der Waals surface area contributed by atoms with Crippen molar-refractivity contribution >= 4 is 12.0 Å². The van der Waals surface area contributed by atoms with Gasteiger partial charge in [-0.05, 0) is 23.3 Å². The second-order valence-corrected chi connectivity index (χ2v) is 5.66. The minimum Gasteiger partial charge on any atom is -0.445 e. The van der Waals surface area contributed by atoms with Crippen molar-refractivity contribution in [2.75, 3.05) is 13.6 Å². The molecule has 0 saturated heterocycles. The van der Waals surface area contributed by atoms with E-state index in [0.29, 0.717) is 11.1 Å². The van der Waals surface area contributed by atoms with Crippen LogP contribution in [0.5, 0.6) is 0 Å². The van der Waals surface area contributed by atoms with Crippen LogP contribution < -0.4 is 10.6 Å². The Hall–Kier alpha value is -2.90. The summed E-state index contributed by atoms with van der Waals surface area (Å²) in [5, 5.41) is 25.1. The van der Waals surface area contributed by atoms with Crippen LogP contribution in [0.1, 0.15) is 27.6 Å². The van der Waals surface area contributed by atoms with Crippen LogP contribution in [0.2, 0.25) is 0 Å². The summed E-state index contributed by atoms with van der Waals surface area (Å²) in [6.45, 7) is -0.0573. The van der Waals surface area contributed by atoms with Crippen LogP contribution in [-0.4, -0.2) is 41.9 Å². The van der Waals surface area contributed by atoms with E-state index < -0.39 is 18.3 Å². The fraction of sp³-hybridized carbons (Fsp3) is 0.263. The molecule has 0 bridgehead atoms. The molecule has 2 unspecified atom stereocenters. The zero-order valence-corrected chi connectivity index (χ0v) is 14.4. The van der Waals surface area contributed by atoms with Crippen molar-refractivity contribution < 1.29 is 24.5 Å². The van der Waals surface area contributed by atoms with Gasteiger partial charge in [0, 0.05) is 19.2 Å². The topological polar surface area (TPSA) is 108 Å². The van der Waals surface area contributed by atoms with Gasteiger partial charge in [0.2, 0.25) is 0 Å². The zero-order chi connectivity index (χ0) is 18.9. The molecule has 138 valence electrons. The fourth-order valence-corrected chi connectivity index (χ4v) is 2.27. The van der Waals surface area contributed by atoms with Gasteiger partial charge in [0.1, 0.15) is 18.8 Å². The normalized spacial score (nSPS) is 12.7. The van der Waals surface area contributed by atoms with E-state index in [4.69, 9.17) is 4.74 Å². The lowest BCUT2D eigenvalue weighted by molar-refractivity contribution is 0.0184. The molecule has 0 aromatic heterocycles. The second kappa shape index (κ2) is 9.55. The first-order chi connectivity index (χ1) is 12.5. The molecule has 0 aliphatic carbocycles. The first-order valence-corrected chi connectivity index (χ1v) is 8.14.